The van der Waals surface area contributed by atoms with E-state index in [1.165, 1.54) is 6.42 Å². The van der Waals surface area contributed by atoms with Crippen LogP contribution < -0.4 is 0 Å². The summed E-state index contributed by atoms with van der Waals surface area (Å²) in [6.45, 7) is 2.91. The van der Waals surface area contributed by atoms with Crippen LogP contribution in [0, 0.1) is 23.7 Å². The van der Waals surface area contributed by atoms with Crippen LogP contribution in [0.15, 0.2) is 24.3 Å². The van der Waals surface area contributed by atoms with Crippen molar-refractivity contribution in [3.05, 3.63) is 35.4 Å². The Morgan fingerprint density at radius 3 is 2.58 bits per heavy atom. The summed E-state index contributed by atoms with van der Waals surface area (Å²) in [6, 6.07) is 7.19. The molecule has 0 aliphatic heterocycles. The van der Waals surface area contributed by atoms with E-state index in [-0.39, 0.29) is 12.5 Å². The lowest BCUT2D eigenvalue weighted by Gasteiger charge is -2.17. The summed E-state index contributed by atoms with van der Waals surface area (Å²) in [5.74, 6) is 6.88. The Bertz CT molecular complexity index is 510. The van der Waals surface area contributed by atoms with Gasteiger partial charge in [0, 0.05) is 24.7 Å². The molecule has 0 bridgehead atoms. The van der Waals surface area contributed by atoms with Crippen LogP contribution in [0.1, 0.15) is 29.3 Å². The lowest BCUT2D eigenvalue weighted by molar-refractivity contribution is 0.0787. The van der Waals surface area contributed by atoms with Crippen LogP contribution in [0.25, 0.3) is 0 Å². The summed E-state index contributed by atoms with van der Waals surface area (Å²) in [6.07, 6.45) is 1.23. The molecular formula is C16H19NO2. The van der Waals surface area contributed by atoms with Gasteiger partial charge in [-0.3, -0.25) is 4.79 Å². The molecule has 2 rings (SSSR count). The fraction of sp³-hybridized carbons (Fsp3) is 0.438. The highest BCUT2D eigenvalue weighted by molar-refractivity contribution is 5.94. The first-order valence-corrected chi connectivity index (χ1v) is 6.57. The van der Waals surface area contributed by atoms with Crippen LogP contribution >= 0.6 is 0 Å². The van der Waals surface area contributed by atoms with Crippen LogP contribution in [0.5, 0.6) is 0 Å². The number of rotatable bonds is 3. The smallest absolute Gasteiger partial charge is 0.253 e. The molecule has 1 saturated carbocycles. The second-order valence-electron chi connectivity index (χ2n) is 5.20. The van der Waals surface area contributed by atoms with Gasteiger partial charge >= 0.3 is 0 Å². The molecule has 0 heterocycles. The average molecular weight is 257 g/mol. The largest absolute Gasteiger partial charge is 0.384 e. The number of amides is 1. The maximum Gasteiger partial charge on any atom is 0.253 e. The highest BCUT2D eigenvalue weighted by atomic mass is 16.2. The molecular weight excluding hydrogens is 238 g/mol. The van der Waals surface area contributed by atoms with E-state index in [0.717, 1.165) is 18.0 Å². The molecule has 3 nitrogen and oxygen atoms in total. The first kappa shape index (κ1) is 13.6. The molecule has 0 spiro atoms. The zero-order valence-electron chi connectivity index (χ0n) is 11.4. The highest BCUT2D eigenvalue weighted by Gasteiger charge is 2.34. The summed E-state index contributed by atoms with van der Waals surface area (Å²) in [7, 11) is 1.85. The number of aliphatic hydroxyl groups excluding tert-OH is 1. The van der Waals surface area contributed by atoms with Crippen molar-refractivity contribution in [2.24, 2.45) is 11.8 Å². The topological polar surface area (TPSA) is 40.5 Å². The minimum Gasteiger partial charge on any atom is -0.384 e. The summed E-state index contributed by atoms with van der Waals surface area (Å²) in [5, 5.41) is 8.62. The summed E-state index contributed by atoms with van der Waals surface area (Å²) in [5.41, 5.74) is 1.49. The second kappa shape index (κ2) is 5.90. The Kier molecular flexibility index (Phi) is 4.24. The Hall–Kier alpha value is -1.79. The molecule has 1 aliphatic carbocycles. The van der Waals surface area contributed by atoms with E-state index in [1.54, 1.807) is 17.0 Å². The van der Waals surface area contributed by atoms with Gasteiger partial charge < -0.3 is 10.0 Å². The Morgan fingerprint density at radius 1 is 1.42 bits per heavy atom. The second-order valence-corrected chi connectivity index (χ2v) is 5.20. The molecule has 1 N–H and O–H groups in total. The molecule has 0 aromatic heterocycles. The van der Waals surface area contributed by atoms with Crippen molar-refractivity contribution in [2.45, 2.75) is 13.3 Å². The maximum atomic E-state index is 12.2. The molecule has 0 radical (unpaired) electrons. The number of aliphatic hydroxyl groups is 1. The van der Waals surface area contributed by atoms with Gasteiger partial charge in [-0.1, -0.05) is 18.8 Å². The SMILES string of the molecule is CC1CC1CN(C)C(=O)c1ccc(C#CCO)cc1. The Balaban J connectivity index is 1.98. The van der Waals surface area contributed by atoms with Crippen LogP contribution in [-0.4, -0.2) is 36.1 Å². The normalized spacial score (nSPS) is 20.4. The molecule has 1 aliphatic rings. The minimum absolute atomic E-state index is 0.0563. The van der Waals surface area contributed by atoms with Gasteiger partial charge in [0.1, 0.15) is 6.61 Å². The van der Waals surface area contributed by atoms with Crippen LogP contribution in [0.2, 0.25) is 0 Å². The van der Waals surface area contributed by atoms with Crippen molar-refractivity contribution in [2.75, 3.05) is 20.2 Å². The van der Waals surface area contributed by atoms with Gasteiger partial charge in [0.15, 0.2) is 0 Å². The Morgan fingerprint density at radius 2 is 2.05 bits per heavy atom. The van der Waals surface area contributed by atoms with Crippen molar-refractivity contribution < 1.29 is 9.90 Å². The van der Waals surface area contributed by atoms with Gasteiger partial charge in [-0.05, 0) is 42.5 Å². The zero-order valence-corrected chi connectivity index (χ0v) is 11.4. The molecule has 1 aromatic rings. The average Bonchev–Trinajstić information content (AvgIpc) is 3.11. The first-order valence-electron chi connectivity index (χ1n) is 6.57. The molecule has 2 atom stereocenters. The number of hydrogen-bond donors (Lipinski definition) is 1. The number of benzene rings is 1. The third-order valence-corrected chi connectivity index (χ3v) is 3.57. The van der Waals surface area contributed by atoms with Crippen molar-refractivity contribution in [1.29, 1.82) is 0 Å². The predicted molar refractivity (Wildman–Crippen MR) is 74.6 cm³/mol. The van der Waals surface area contributed by atoms with Crippen molar-refractivity contribution >= 4 is 5.91 Å². The molecule has 1 fully saturated rings. The summed E-state index contributed by atoms with van der Waals surface area (Å²) < 4.78 is 0. The third kappa shape index (κ3) is 3.59. The van der Waals surface area contributed by atoms with E-state index in [4.69, 9.17) is 5.11 Å². The van der Waals surface area contributed by atoms with Gasteiger partial charge in [-0.25, -0.2) is 0 Å². The minimum atomic E-state index is -0.150. The van der Waals surface area contributed by atoms with Crippen LogP contribution in [0.3, 0.4) is 0 Å². The fourth-order valence-electron chi connectivity index (χ4n) is 2.15. The van der Waals surface area contributed by atoms with Crippen LogP contribution in [0.4, 0.5) is 0 Å². The molecule has 0 saturated heterocycles. The zero-order chi connectivity index (χ0) is 13.8. The van der Waals surface area contributed by atoms with E-state index in [1.807, 2.05) is 19.2 Å². The highest BCUT2D eigenvalue weighted by Crippen LogP contribution is 2.38. The molecule has 1 amide bonds. The number of hydrogen-bond acceptors (Lipinski definition) is 2. The van der Waals surface area contributed by atoms with Crippen molar-refractivity contribution in [1.82, 2.24) is 4.90 Å². The maximum absolute atomic E-state index is 12.2. The van der Waals surface area contributed by atoms with E-state index in [0.29, 0.717) is 11.5 Å². The van der Waals surface area contributed by atoms with E-state index in [2.05, 4.69) is 18.8 Å². The number of nitrogens with zero attached hydrogens (tertiary/aromatic N) is 1. The van der Waals surface area contributed by atoms with Gasteiger partial charge in [-0.2, -0.15) is 0 Å². The van der Waals surface area contributed by atoms with Crippen molar-refractivity contribution in [3.8, 4) is 11.8 Å². The lowest BCUT2D eigenvalue weighted by Crippen LogP contribution is -2.29. The van der Waals surface area contributed by atoms with Gasteiger partial charge in [0.25, 0.3) is 5.91 Å². The van der Waals surface area contributed by atoms with E-state index < -0.39 is 0 Å². The van der Waals surface area contributed by atoms with Gasteiger partial charge in [0.2, 0.25) is 0 Å². The number of carbonyl (C=O) groups is 1. The lowest BCUT2D eigenvalue weighted by atomic mass is 10.1. The molecule has 100 valence electrons. The molecule has 1 aromatic carbocycles. The van der Waals surface area contributed by atoms with Crippen molar-refractivity contribution in [3.63, 3.8) is 0 Å². The number of carbonyl (C=O) groups excluding carboxylic acids is 1. The third-order valence-electron chi connectivity index (χ3n) is 3.57. The van der Waals surface area contributed by atoms with E-state index >= 15 is 0 Å². The first-order chi connectivity index (χ1) is 9.11. The van der Waals surface area contributed by atoms with Gasteiger partial charge in [0.05, 0.1) is 0 Å². The van der Waals surface area contributed by atoms with E-state index in [9.17, 15) is 4.79 Å². The molecule has 2 unspecified atom stereocenters. The molecule has 19 heavy (non-hydrogen) atoms. The molecule has 3 heteroatoms. The summed E-state index contributed by atoms with van der Waals surface area (Å²) in [4.78, 5) is 14.0. The Labute approximate surface area is 114 Å². The standard InChI is InChI=1S/C16H19NO2/c1-12-10-15(12)11-17(2)16(19)14-7-5-13(6-8-14)4-3-9-18/h5-8,12,15,18H,9-11H2,1-2H3. The fourth-order valence-corrected chi connectivity index (χ4v) is 2.15. The van der Waals surface area contributed by atoms with Gasteiger partial charge in [-0.15, -0.1) is 0 Å². The monoisotopic (exact) mass is 257 g/mol. The quantitative estimate of drug-likeness (QED) is 0.838. The summed E-state index contributed by atoms with van der Waals surface area (Å²) >= 11 is 0. The predicted octanol–water partition coefficient (Wildman–Crippen LogP) is 1.76. The van der Waals surface area contributed by atoms with Crippen LogP contribution in [-0.2, 0) is 0 Å².